The van der Waals surface area contributed by atoms with Crippen molar-refractivity contribution in [2.24, 2.45) is 0 Å². The molecule has 4 aromatic rings. The van der Waals surface area contributed by atoms with Crippen molar-refractivity contribution in [1.82, 2.24) is 25.0 Å². The van der Waals surface area contributed by atoms with Crippen molar-refractivity contribution in [3.05, 3.63) is 60.5 Å². The number of ether oxygens (including phenoxy) is 1. The van der Waals surface area contributed by atoms with Crippen LogP contribution < -0.4 is 4.74 Å². The van der Waals surface area contributed by atoms with E-state index in [0.717, 1.165) is 11.4 Å². The maximum atomic E-state index is 8.86. The molecule has 132 valence electrons. The summed E-state index contributed by atoms with van der Waals surface area (Å²) in [5.41, 5.74) is 1.10. The fraction of sp³-hybridized carbons (Fsp3) is 0.0556. The van der Waals surface area contributed by atoms with Crippen molar-refractivity contribution in [2.45, 2.75) is 10.2 Å². The van der Waals surface area contributed by atoms with Gasteiger partial charge in [-0.25, -0.2) is 0 Å². The van der Waals surface area contributed by atoms with Crippen molar-refractivity contribution in [3.8, 4) is 29.1 Å². The number of aromatic nitrogens is 5. The van der Waals surface area contributed by atoms with Crippen LogP contribution in [0.1, 0.15) is 5.69 Å². The second-order valence-corrected chi connectivity index (χ2v) is 6.28. The average molecular weight is 376 g/mol. The monoisotopic (exact) mass is 376 g/mol. The summed E-state index contributed by atoms with van der Waals surface area (Å²) in [6.45, 7) is 0. The third-order valence-electron chi connectivity index (χ3n) is 3.66. The summed E-state index contributed by atoms with van der Waals surface area (Å²) in [6.07, 6.45) is 1.58. The van der Waals surface area contributed by atoms with E-state index in [1.807, 2.05) is 41.0 Å². The fourth-order valence-corrected chi connectivity index (χ4v) is 3.16. The highest BCUT2D eigenvalue weighted by molar-refractivity contribution is 7.99. The van der Waals surface area contributed by atoms with Gasteiger partial charge < -0.3 is 9.15 Å². The van der Waals surface area contributed by atoms with Crippen LogP contribution >= 0.6 is 11.8 Å². The quantitative estimate of drug-likeness (QED) is 0.522. The fourth-order valence-electron chi connectivity index (χ4n) is 2.39. The molecule has 9 heteroatoms. The van der Waals surface area contributed by atoms with Gasteiger partial charge in [0.15, 0.2) is 11.5 Å². The lowest BCUT2D eigenvalue weighted by Crippen LogP contribution is -2.00. The van der Waals surface area contributed by atoms with Crippen molar-refractivity contribution < 1.29 is 9.15 Å². The first-order valence-corrected chi connectivity index (χ1v) is 8.65. The Labute approximate surface area is 158 Å². The van der Waals surface area contributed by atoms with Gasteiger partial charge in [-0.2, -0.15) is 5.26 Å². The van der Waals surface area contributed by atoms with Gasteiger partial charge >= 0.3 is 0 Å². The summed E-state index contributed by atoms with van der Waals surface area (Å²) in [6, 6.07) is 16.4. The van der Waals surface area contributed by atoms with Crippen molar-refractivity contribution >= 4 is 11.8 Å². The predicted molar refractivity (Wildman–Crippen MR) is 96.5 cm³/mol. The molecule has 0 saturated heterocycles. The number of methoxy groups -OCH3 is 1. The molecule has 27 heavy (non-hydrogen) atoms. The number of rotatable bonds is 5. The summed E-state index contributed by atoms with van der Waals surface area (Å²) >= 11 is 1.29. The molecular weight excluding hydrogens is 364 g/mol. The zero-order valence-corrected chi connectivity index (χ0v) is 14.9. The number of nitrogens with zero attached hydrogens (tertiary/aromatic N) is 6. The molecule has 0 unspecified atom stereocenters. The van der Waals surface area contributed by atoms with Gasteiger partial charge in [-0.15, -0.1) is 20.4 Å². The van der Waals surface area contributed by atoms with Crippen molar-refractivity contribution in [3.63, 3.8) is 0 Å². The van der Waals surface area contributed by atoms with Crippen molar-refractivity contribution in [2.75, 3.05) is 7.11 Å². The molecule has 0 amide bonds. The van der Waals surface area contributed by atoms with Crippen LogP contribution in [0.4, 0.5) is 0 Å². The highest BCUT2D eigenvalue weighted by Crippen LogP contribution is 2.31. The maximum absolute atomic E-state index is 8.86. The van der Waals surface area contributed by atoms with Gasteiger partial charge in [0, 0.05) is 0 Å². The molecular formula is C18H12N6O2S. The van der Waals surface area contributed by atoms with E-state index >= 15 is 0 Å². The van der Waals surface area contributed by atoms with Crippen LogP contribution in [0.25, 0.3) is 17.3 Å². The summed E-state index contributed by atoms with van der Waals surface area (Å²) in [5.74, 6) is 1.91. The summed E-state index contributed by atoms with van der Waals surface area (Å²) in [5, 5.41) is 26.5. The van der Waals surface area contributed by atoms with Crippen LogP contribution in [0, 0.1) is 11.3 Å². The first kappa shape index (κ1) is 16.8. The van der Waals surface area contributed by atoms with Crippen LogP contribution in [0.2, 0.25) is 0 Å². The SMILES string of the molecule is COc1ccc(-n2c(Sc3ccc(C#N)nn3)nnc2-c2ccco2)cc1. The Hall–Kier alpha value is -3.64. The molecule has 0 N–H and O–H groups in total. The second-order valence-electron chi connectivity index (χ2n) is 5.29. The van der Waals surface area contributed by atoms with E-state index in [9.17, 15) is 0 Å². The lowest BCUT2D eigenvalue weighted by Gasteiger charge is -2.09. The van der Waals surface area contributed by atoms with Crippen LogP contribution in [-0.2, 0) is 0 Å². The second kappa shape index (κ2) is 7.31. The predicted octanol–water partition coefficient (Wildman–Crippen LogP) is 3.35. The van der Waals surface area contributed by atoms with E-state index in [-0.39, 0.29) is 5.69 Å². The van der Waals surface area contributed by atoms with Crippen LogP contribution in [0.3, 0.4) is 0 Å². The van der Waals surface area contributed by atoms with E-state index in [1.54, 1.807) is 31.6 Å². The van der Waals surface area contributed by atoms with E-state index < -0.39 is 0 Å². The molecule has 0 radical (unpaired) electrons. The molecule has 0 bridgehead atoms. The highest BCUT2D eigenvalue weighted by atomic mass is 32.2. The molecule has 0 atom stereocenters. The third-order valence-corrected chi connectivity index (χ3v) is 4.53. The first-order valence-electron chi connectivity index (χ1n) is 7.84. The standard InChI is InChI=1S/C18H12N6O2S/c1-25-14-7-5-13(6-8-14)24-17(15-3-2-10-26-15)22-23-18(24)27-16-9-4-12(11-19)20-21-16/h2-10H,1H3. The number of hydrogen-bond donors (Lipinski definition) is 0. The lowest BCUT2D eigenvalue weighted by atomic mass is 10.3. The molecule has 0 fully saturated rings. The smallest absolute Gasteiger partial charge is 0.205 e. The van der Waals surface area contributed by atoms with Gasteiger partial charge in [0.05, 0.1) is 19.1 Å². The average Bonchev–Trinajstić information content (AvgIpc) is 3.38. The van der Waals surface area contributed by atoms with Gasteiger partial charge in [0.25, 0.3) is 0 Å². The zero-order chi connectivity index (χ0) is 18.6. The first-order chi connectivity index (χ1) is 13.3. The lowest BCUT2D eigenvalue weighted by molar-refractivity contribution is 0.414. The normalized spacial score (nSPS) is 10.5. The van der Waals surface area contributed by atoms with Crippen LogP contribution in [0.5, 0.6) is 5.75 Å². The van der Waals surface area contributed by atoms with Gasteiger partial charge in [-0.3, -0.25) is 4.57 Å². The topological polar surface area (TPSA) is 103 Å². The van der Waals surface area contributed by atoms with Gasteiger partial charge in [-0.1, -0.05) is 0 Å². The van der Waals surface area contributed by atoms with Gasteiger partial charge in [0.2, 0.25) is 11.0 Å². The van der Waals surface area contributed by atoms with E-state index in [2.05, 4.69) is 20.4 Å². The molecule has 1 aromatic carbocycles. The number of hydrogen-bond acceptors (Lipinski definition) is 8. The summed E-state index contributed by atoms with van der Waals surface area (Å²) in [7, 11) is 1.62. The van der Waals surface area contributed by atoms with E-state index in [1.165, 1.54) is 11.8 Å². The zero-order valence-electron chi connectivity index (χ0n) is 14.1. The largest absolute Gasteiger partial charge is 0.497 e. The van der Waals surface area contributed by atoms with E-state index in [0.29, 0.717) is 21.8 Å². The highest BCUT2D eigenvalue weighted by Gasteiger charge is 2.19. The molecule has 0 aliphatic heterocycles. The summed E-state index contributed by atoms with van der Waals surface area (Å²) < 4.78 is 12.6. The number of nitriles is 1. The molecule has 3 aromatic heterocycles. The molecule has 8 nitrogen and oxygen atoms in total. The number of furan rings is 1. The summed E-state index contributed by atoms with van der Waals surface area (Å²) in [4.78, 5) is 0. The van der Waals surface area contributed by atoms with Gasteiger partial charge in [-0.05, 0) is 60.3 Å². The van der Waals surface area contributed by atoms with E-state index in [4.69, 9.17) is 14.4 Å². The Morgan fingerprint density at radius 1 is 1.04 bits per heavy atom. The molecule has 4 rings (SSSR count). The Bertz CT molecular complexity index is 1080. The minimum atomic E-state index is 0.257. The molecule has 0 saturated carbocycles. The minimum Gasteiger partial charge on any atom is -0.497 e. The molecule has 0 aliphatic rings. The van der Waals surface area contributed by atoms with Crippen LogP contribution in [0.15, 0.2) is 69.4 Å². The maximum Gasteiger partial charge on any atom is 0.205 e. The van der Waals surface area contributed by atoms with Gasteiger partial charge in [0.1, 0.15) is 16.8 Å². The van der Waals surface area contributed by atoms with Crippen LogP contribution in [-0.4, -0.2) is 32.1 Å². The molecule has 0 aliphatic carbocycles. The Balaban J connectivity index is 1.77. The Morgan fingerprint density at radius 3 is 2.52 bits per heavy atom. The Kier molecular flexibility index (Phi) is 4.55. The molecule has 0 spiro atoms. The Morgan fingerprint density at radius 2 is 1.89 bits per heavy atom. The third kappa shape index (κ3) is 3.38. The molecule has 3 heterocycles. The minimum absolute atomic E-state index is 0.257. The number of benzene rings is 1. The van der Waals surface area contributed by atoms with Crippen molar-refractivity contribution in [1.29, 1.82) is 5.26 Å².